The third-order valence-electron chi connectivity index (χ3n) is 4.00. The molecule has 4 aromatic rings. The van der Waals surface area contributed by atoms with Gasteiger partial charge in [-0.15, -0.1) is 0 Å². The predicted molar refractivity (Wildman–Crippen MR) is 113 cm³/mol. The van der Waals surface area contributed by atoms with Crippen molar-refractivity contribution in [2.24, 2.45) is 0 Å². The number of hydrogen-bond acceptors (Lipinski definition) is 1. The van der Waals surface area contributed by atoms with E-state index in [1.807, 2.05) is 54.6 Å². The second kappa shape index (κ2) is 9.24. The van der Waals surface area contributed by atoms with E-state index in [-0.39, 0.29) is 0 Å². The van der Waals surface area contributed by atoms with Gasteiger partial charge in [0.15, 0.2) is 0 Å². The van der Waals surface area contributed by atoms with E-state index < -0.39 is 0 Å². The first-order valence-corrected chi connectivity index (χ1v) is 8.80. The lowest BCUT2D eigenvalue weighted by molar-refractivity contribution is 1.47. The largest absolute Gasteiger partial charge is 0.356 e. The van der Waals surface area contributed by atoms with Crippen molar-refractivity contribution in [2.75, 3.05) is 5.32 Å². The summed E-state index contributed by atoms with van der Waals surface area (Å²) in [4.78, 5) is 0. The van der Waals surface area contributed by atoms with Crippen LogP contribution in [-0.4, -0.2) is 0 Å². The molecule has 0 aliphatic carbocycles. The van der Waals surface area contributed by atoms with Gasteiger partial charge in [0.05, 0.1) is 0 Å². The van der Waals surface area contributed by atoms with Crippen LogP contribution < -0.4 is 5.32 Å². The van der Waals surface area contributed by atoms with Crippen molar-refractivity contribution in [3.63, 3.8) is 0 Å². The van der Waals surface area contributed by atoms with Crippen LogP contribution in [0.2, 0.25) is 0 Å². The standard InChI is InChI=1S/C19H17N.C6H6/c1-15-7-9-16(10-8-15)17-11-13-19(14-12-17)20-18-5-3-2-4-6-18;1-2-4-6-5-3-1/h2-14,20H,1H3;1-6H. The first-order valence-electron chi connectivity index (χ1n) is 8.80. The molecule has 0 saturated carbocycles. The Hall–Kier alpha value is -3.32. The van der Waals surface area contributed by atoms with Crippen LogP contribution in [0.25, 0.3) is 11.1 Å². The zero-order valence-corrected chi connectivity index (χ0v) is 15.0. The fraction of sp³-hybridized carbons (Fsp3) is 0.0400. The SMILES string of the molecule is Cc1ccc(-c2ccc(Nc3ccccc3)cc2)cc1.c1ccccc1. The predicted octanol–water partition coefficient (Wildman–Crippen LogP) is 7.09. The quantitative estimate of drug-likeness (QED) is 0.420. The molecular formula is C25H23N. The molecule has 1 nitrogen and oxygen atoms in total. The van der Waals surface area contributed by atoms with Crippen LogP contribution >= 0.6 is 0 Å². The Morgan fingerprint density at radius 3 is 1.31 bits per heavy atom. The molecule has 4 rings (SSSR count). The van der Waals surface area contributed by atoms with E-state index in [2.05, 4.69) is 72.9 Å². The number of para-hydroxylation sites is 1. The fourth-order valence-corrected chi connectivity index (χ4v) is 2.57. The topological polar surface area (TPSA) is 12.0 Å². The van der Waals surface area contributed by atoms with E-state index in [4.69, 9.17) is 0 Å². The lowest BCUT2D eigenvalue weighted by Crippen LogP contribution is -1.89. The van der Waals surface area contributed by atoms with Crippen molar-refractivity contribution in [3.05, 3.63) is 121 Å². The van der Waals surface area contributed by atoms with Crippen molar-refractivity contribution in [2.45, 2.75) is 6.92 Å². The lowest BCUT2D eigenvalue weighted by atomic mass is 10.0. The third-order valence-corrected chi connectivity index (χ3v) is 4.00. The summed E-state index contributed by atoms with van der Waals surface area (Å²) in [5, 5.41) is 3.39. The van der Waals surface area contributed by atoms with E-state index in [1.165, 1.54) is 16.7 Å². The number of anilines is 2. The molecule has 1 N–H and O–H groups in total. The number of hydrogen-bond donors (Lipinski definition) is 1. The maximum Gasteiger partial charge on any atom is 0.0384 e. The molecule has 1 heteroatoms. The van der Waals surface area contributed by atoms with Gasteiger partial charge in [0.1, 0.15) is 0 Å². The van der Waals surface area contributed by atoms with Crippen molar-refractivity contribution in [1.82, 2.24) is 0 Å². The Morgan fingerprint density at radius 2 is 0.808 bits per heavy atom. The maximum atomic E-state index is 3.39. The lowest BCUT2D eigenvalue weighted by Gasteiger charge is -2.08. The van der Waals surface area contributed by atoms with E-state index in [1.54, 1.807) is 0 Å². The second-order valence-corrected chi connectivity index (χ2v) is 6.09. The van der Waals surface area contributed by atoms with Gasteiger partial charge in [-0.05, 0) is 42.3 Å². The van der Waals surface area contributed by atoms with Gasteiger partial charge in [0, 0.05) is 11.4 Å². The van der Waals surface area contributed by atoms with Gasteiger partial charge in [-0.25, -0.2) is 0 Å². The van der Waals surface area contributed by atoms with Gasteiger partial charge in [-0.3, -0.25) is 0 Å². The van der Waals surface area contributed by atoms with Gasteiger partial charge < -0.3 is 5.32 Å². The van der Waals surface area contributed by atoms with Gasteiger partial charge in [-0.2, -0.15) is 0 Å². The Bertz CT molecular complexity index is 853. The van der Waals surface area contributed by atoms with Crippen molar-refractivity contribution in [3.8, 4) is 11.1 Å². The number of aryl methyl sites for hydroxylation is 1. The molecule has 0 aliphatic rings. The molecule has 0 aromatic heterocycles. The second-order valence-electron chi connectivity index (χ2n) is 6.09. The van der Waals surface area contributed by atoms with Crippen molar-refractivity contribution in [1.29, 1.82) is 0 Å². The maximum absolute atomic E-state index is 3.39. The highest BCUT2D eigenvalue weighted by Crippen LogP contribution is 2.23. The molecule has 0 bridgehead atoms. The third kappa shape index (κ3) is 5.35. The van der Waals surface area contributed by atoms with Gasteiger partial charge in [0.2, 0.25) is 0 Å². The first kappa shape index (κ1) is 17.5. The molecule has 26 heavy (non-hydrogen) atoms. The Morgan fingerprint density at radius 1 is 0.423 bits per heavy atom. The molecule has 0 unspecified atom stereocenters. The number of nitrogens with one attached hydrogen (secondary N) is 1. The minimum atomic E-state index is 1.10. The van der Waals surface area contributed by atoms with Crippen molar-refractivity contribution < 1.29 is 0 Å². The zero-order valence-electron chi connectivity index (χ0n) is 15.0. The van der Waals surface area contributed by atoms with Gasteiger partial charge >= 0.3 is 0 Å². The average molecular weight is 337 g/mol. The zero-order chi connectivity index (χ0) is 18.0. The van der Waals surface area contributed by atoms with Gasteiger partial charge in [0.25, 0.3) is 0 Å². The smallest absolute Gasteiger partial charge is 0.0384 e. The Kier molecular flexibility index (Phi) is 6.22. The van der Waals surface area contributed by atoms with E-state index in [0.29, 0.717) is 0 Å². The van der Waals surface area contributed by atoms with E-state index >= 15 is 0 Å². The monoisotopic (exact) mass is 337 g/mol. The fourth-order valence-electron chi connectivity index (χ4n) is 2.57. The highest BCUT2D eigenvalue weighted by molar-refractivity contribution is 5.68. The highest BCUT2D eigenvalue weighted by Gasteiger charge is 1.98. The molecule has 0 fully saturated rings. The summed E-state index contributed by atoms with van der Waals surface area (Å²) >= 11 is 0. The van der Waals surface area contributed by atoms with Crippen LogP contribution in [0.4, 0.5) is 11.4 Å². The average Bonchev–Trinajstić information content (AvgIpc) is 2.72. The molecular weight excluding hydrogens is 314 g/mol. The minimum Gasteiger partial charge on any atom is -0.356 e. The van der Waals surface area contributed by atoms with Crippen LogP contribution in [0.15, 0.2) is 115 Å². The Labute approximate surface area is 156 Å². The Balaban J connectivity index is 0.000000278. The molecule has 0 spiro atoms. The summed E-state index contributed by atoms with van der Waals surface area (Å²) in [6.07, 6.45) is 0. The summed E-state index contributed by atoms with van der Waals surface area (Å²) < 4.78 is 0. The summed E-state index contributed by atoms with van der Waals surface area (Å²) in [5.41, 5.74) is 5.99. The molecule has 0 saturated heterocycles. The summed E-state index contributed by atoms with van der Waals surface area (Å²) in [6, 6.07) is 39.3. The van der Waals surface area contributed by atoms with Gasteiger partial charge in [-0.1, -0.05) is 96.6 Å². The van der Waals surface area contributed by atoms with E-state index in [9.17, 15) is 0 Å². The number of benzene rings is 4. The summed E-state index contributed by atoms with van der Waals surface area (Å²) in [7, 11) is 0. The molecule has 128 valence electrons. The summed E-state index contributed by atoms with van der Waals surface area (Å²) in [5.74, 6) is 0. The van der Waals surface area contributed by atoms with Crippen LogP contribution in [-0.2, 0) is 0 Å². The molecule has 0 heterocycles. The molecule has 0 aliphatic heterocycles. The highest BCUT2D eigenvalue weighted by atomic mass is 14.9. The number of rotatable bonds is 3. The molecule has 0 amide bonds. The minimum absolute atomic E-state index is 1.10. The normalized spacial score (nSPS) is 9.73. The van der Waals surface area contributed by atoms with Crippen LogP contribution in [0.1, 0.15) is 5.56 Å². The molecule has 0 radical (unpaired) electrons. The van der Waals surface area contributed by atoms with Crippen LogP contribution in [0, 0.1) is 6.92 Å². The molecule has 4 aromatic carbocycles. The first-order chi connectivity index (χ1) is 12.8. The summed E-state index contributed by atoms with van der Waals surface area (Å²) in [6.45, 7) is 2.11. The van der Waals surface area contributed by atoms with Crippen molar-refractivity contribution >= 4 is 11.4 Å². The molecule has 0 atom stereocenters. The van der Waals surface area contributed by atoms with E-state index in [0.717, 1.165) is 11.4 Å². The van der Waals surface area contributed by atoms with Crippen LogP contribution in [0.3, 0.4) is 0 Å². The van der Waals surface area contributed by atoms with Crippen LogP contribution in [0.5, 0.6) is 0 Å².